The molecule has 0 aliphatic rings. The van der Waals surface area contributed by atoms with Crippen LogP contribution in [-0.4, -0.2) is 23.5 Å². The van der Waals surface area contributed by atoms with E-state index < -0.39 is 18.3 Å². The normalized spacial score (nSPS) is 11.2. The van der Waals surface area contributed by atoms with E-state index in [0.29, 0.717) is 6.54 Å². The van der Waals surface area contributed by atoms with Gasteiger partial charge in [0, 0.05) is 16.8 Å². The first-order valence-electron chi connectivity index (χ1n) is 5.36. The summed E-state index contributed by atoms with van der Waals surface area (Å²) in [5, 5.41) is 13.2. The van der Waals surface area contributed by atoms with Gasteiger partial charge in [-0.15, -0.1) is 11.3 Å². The molecule has 0 aliphatic heterocycles. The third-order valence-electron chi connectivity index (χ3n) is 2.52. The van der Waals surface area contributed by atoms with Crippen molar-refractivity contribution in [2.24, 2.45) is 0 Å². The van der Waals surface area contributed by atoms with Gasteiger partial charge < -0.3 is 10.4 Å². The largest absolute Gasteiger partial charge is 0.481 e. The Balaban J connectivity index is 2.59. The maximum Gasteiger partial charge on any atom is 0.312 e. The third kappa shape index (κ3) is 3.85. The molecular formula is C12H17NO3S. The fourth-order valence-corrected chi connectivity index (χ4v) is 2.72. The van der Waals surface area contributed by atoms with Crippen molar-refractivity contribution in [2.75, 3.05) is 6.54 Å². The molecule has 0 atom stereocenters. The molecule has 94 valence electrons. The van der Waals surface area contributed by atoms with Crippen molar-refractivity contribution in [1.82, 2.24) is 5.32 Å². The smallest absolute Gasteiger partial charge is 0.312 e. The monoisotopic (exact) mass is 255 g/mol. The van der Waals surface area contributed by atoms with Crippen LogP contribution in [0, 0.1) is 6.92 Å². The van der Waals surface area contributed by atoms with E-state index in [1.807, 2.05) is 32.2 Å². The van der Waals surface area contributed by atoms with Gasteiger partial charge in [0.05, 0.1) is 0 Å². The highest BCUT2D eigenvalue weighted by atomic mass is 32.1. The number of nitrogens with one attached hydrogen (secondary N) is 1. The highest BCUT2D eigenvalue weighted by molar-refractivity contribution is 7.10. The SMILES string of the molecule is Cc1ccsc1C(C)(C)CNC(=O)CC(=O)O. The second kappa shape index (κ2) is 5.31. The Labute approximate surface area is 105 Å². The number of amides is 1. The van der Waals surface area contributed by atoms with Crippen LogP contribution in [0.3, 0.4) is 0 Å². The molecule has 0 fully saturated rings. The standard InChI is InChI=1S/C12H17NO3S/c1-8-4-5-17-11(8)12(2,3)7-13-9(14)6-10(15)16/h4-5H,6-7H2,1-3H3,(H,13,14)(H,15,16). The average Bonchev–Trinajstić information content (AvgIpc) is 2.61. The van der Waals surface area contributed by atoms with Crippen molar-refractivity contribution in [2.45, 2.75) is 32.6 Å². The van der Waals surface area contributed by atoms with Crippen LogP contribution in [0.1, 0.15) is 30.7 Å². The van der Waals surface area contributed by atoms with Gasteiger partial charge in [-0.1, -0.05) is 13.8 Å². The van der Waals surface area contributed by atoms with Crippen LogP contribution >= 0.6 is 11.3 Å². The van der Waals surface area contributed by atoms with E-state index >= 15 is 0 Å². The van der Waals surface area contributed by atoms with Crippen LogP contribution in [0.4, 0.5) is 0 Å². The lowest BCUT2D eigenvalue weighted by Gasteiger charge is -2.24. The topological polar surface area (TPSA) is 66.4 Å². The number of carbonyl (C=O) groups is 2. The minimum Gasteiger partial charge on any atom is -0.481 e. The maximum absolute atomic E-state index is 11.3. The van der Waals surface area contributed by atoms with Crippen molar-refractivity contribution < 1.29 is 14.7 Å². The summed E-state index contributed by atoms with van der Waals surface area (Å²) in [6.07, 6.45) is -0.473. The molecular weight excluding hydrogens is 238 g/mol. The van der Waals surface area contributed by atoms with Crippen molar-refractivity contribution in [3.63, 3.8) is 0 Å². The van der Waals surface area contributed by atoms with Gasteiger partial charge in [0.15, 0.2) is 0 Å². The first-order chi connectivity index (χ1) is 7.83. The minimum absolute atomic E-state index is 0.174. The molecule has 1 amide bonds. The Morgan fingerprint density at radius 3 is 2.59 bits per heavy atom. The number of rotatable bonds is 5. The predicted molar refractivity (Wildman–Crippen MR) is 67.3 cm³/mol. The highest BCUT2D eigenvalue weighted by Gasteiger charge is 2.24. The van der Waals surface area contributed by atoms with Crippen molar-refractivity contribution in [3.05, 3.63) is 21.9 Å². The summed E-state index contributed by atoms with van der Waals surface area (Å²) in [4.78, 5) is 22.8. The minimum atomic E-state index is -1.10. The van der Waals surface area contributed by atoms with E-state index in [-0.39, 0.29) is 5.41 Å². The molecule has 4 nitrogen and oxygen atoms in total. The number of carboxylic acids is 1. The van der Waals surface area contributed by atoms with Gasteiger partial charge in [0.1, 0.15) is 6.42 Å². The first kappa shape index (κ1) is 13.7. The predicted octanol–water partition coefficient (Wildman–Crippen LogP) is 1.93. The molecule has 0 saturated carbocycles. The van der Waals surface area contributed by atoms with Gasteiger partial charge in [-0.25, -0.2) is 0 Å². The number of aliphatic carboxylic acids is 1. The molecule has 0 unspecified atom stereocenters. The van der Waals surface area contributed by atoms with Gasteiger partial charge >= 0.3 is 5.97 Å². The van der Waals surface area contributed by atoms with E-state index in [0.717, 1.165) is 0 Å². The number of aryl methyl sites for hydroxylation is 1. The van der Waals surface area contributed by atoms with Crippen molar-refractivity contribution in [3.8, 4) is 0 Å². The fraction of sp³-hybridized carbons (Fsp3) is 0.500. The average molecular weight is 255 g/mol. The van der Waals surface area contributed by atoms with Crippen LogP contribution in [0.5, 0.6) is 0 Å². The molecule has 1 aromatic rings. The first-order valence-corrected chi connectivity index (χ1v) is 6.24. The lowest BCUT2D eigenvalue weighted by Crippen LogP contribution is -2.37. The van der Waals surface area contributed by atoms with Crippen molar-refractivity contribution in [1.29, 1.82) is 0 Å². The quantitative estimate of drug-likeness (QED) is 0.790. The van der Waals surface area contributed by atoms with E-state index in [2.05, 4.69) is 5.32 Å². The molecule has 0 radical (unpaired) electrons. The van der Waals surface area contributed by atoms with E-state index in [1.165, 1.54) is 10.4 Å². The molecule has 1 heterocycles. The number of thiophene rings is 1. The number of hydrogen-bond donors (Lipinski definition) is 2. The van der Waals surface area contributed by atoms with Gasteiger partial charge in [0.2, 0.25) is 5.91 Å². The molecule has 17 heavy (non-hydrogen) atoms. The second-order valence-electron chi connectivity index (χ2n) is 4.66. The van der Waals surface area contributed by atoms with Gasteiger partial charge in [0.25, 0.3) is 0 Å². The molecule has 1 rings (SSSR count). The summed E-state index contributed by atoms with van der Waals surface area (Å²) in [5.41, 5.74) is 1.03. The summed E-state index contributed by atoms with van der Waals surface area (Å²) >= 11 is 1.65. The summed E-state index contributed by atoms with van der Waals surface area (Å²) in [6.45, 7) is 6.55. The lowest BCUT2D eigenvalue weighted by molar-refractivity contribution is -0.140. The molecule has 1 aromatic heterocycles. The molecule has 2 N–H and O–H groups in total. The maximum atomic E-state index is 11.3. The van der Waals surface area contributed by atoms with E-state index in [9.17, 15) is 9.59 Å². The number of carbonyl (C=O) groups excluding carboxylic acids is 1. The third-order valence-corrected chi connectivity index (χ3v) is 3.90. The van der Waals surface area contributed by atoms with Crippen LogP contribution in [0.2, 0.25) is 0 Å². The van der Waals surface area contributed by atoms with Crippen LogP contribution in [-0.2, 0) is 15.0 Å². The Morgan fingerprint density at radius 2 is 2.12 bits per heavy atom. The zero-order valence-corrected chi connectivity index (χ0v) is 11.1. The van der Waals surface area contributed by atoms with Crippen LogP contribution in [0.15, 0.2) is 11.4 Å². The Morgan fingerprint density at radius 1 is 1.47 bits per heavy atom. The van der Waals surface area contributed by atoms with Crippen LogP contribution in [0.25, 0.3) is 0 Å². The van der Waals surface area contributed by atoms with Gasteiger partial charge in [-0.2, -0.15) is 0 Å². The number of hydrogen-bond acceptors (Lipinski definition) is 3. The van der Waals surface area contributed by atoms with Gasteiger partial charge in [-0.3, -0.25) is 9.59 Å². The van der Waals surface area contributed by atoms with Crippen LogP contribution < -0.4 is 5.32 Å². The van der Waals surface area contributed by atoms with E-state index in [1.54, 1.807) is 11.3 Å². The molecule has 0 spiro atoms. The second-order valence-corrected chi connectivity index (χ2v) is 5.58. The molecule has 0 bridgehead atoms. The van der Waals surface area contributed by atoms with Gasteiger partial charge in [-0.05, 0) is 23.9 Å². The molecule has 5 heteroatoms. The Kier molecular flexibility index (Phi) is 4.28. The number of carboxylic acid groups (broad SMARTS) is 1. The Hall–Kier alpha value is -1.36. The highest BCUT2D eigenvalue weighted by Crippen LogP contribution is 2.30. The molecule has 0 aliphatic carbocycles. The van der Waals surface area contributed by atoms with E-state index in [4.69, 9.17) is 5.11 Å². The lowest BCUT2D eigenvalue weighted by atomic mass is 9.89. The summed E-state index contributed by atoms with van der Waals surface area (Å²) in [6, 6.07) is 2.04. The summed E-state index contributed by atoms with van der Waals surface area (Å²) < 4.78 is 0. The zero-order chi connectivity index (χ0) is 13.1. The molecule has 0 saturated heterocycles. The summed E-state index contributed by atoms with van der Waals surface area (Å²) in [7, 11) is 0. The zero-order valence-electron chi connectivity index (χ0n) is 10.2. The fourth-order valence-electron chi connectivity index (χ4n) is 1.67. The van der Waals surface area contributed by atoms with Crippen molar-refractivity contribution >= 4 is 23.2 Å². The Bertz CT molecular complexity index is 423. The molecule has 0 aromatic carbocycles. The summed E-state index contributed by atoms with van der Waals surface area (Å²) in [5.74, 6) is -1.55.